The number of hydrogen-bond acceptors (Lipinski definition) is 3. The zero-order valence-electron chi connectivity index (χ0n) is 5.11. The predicted molar refractivity (Wildman–Crippen MR) is 33.0 cm³/mol. The van der Waals surface area contributed by atoms with E-state index < -0.39 is 5.92 Å². The van der Waals surface area contributed by atoms with Crippen LogP contribution in [0.5, 0.6) is 0 Å². The molecule has 4 heteroatoms. The summed E-state index contributed by atoms with van der Waals surface area (Å²) in [4.78, 5) is 16.5. The van der Waals surface area contributed by atoms with Crippen molar-refractivity contribution in [3.63, 3.8) is 0 Å². The van der Waals surface area contributed by atoms with E-state index in [-0.39, 0.29) is 0 Å². The fraction of sp³-hybridized carbons (Fsp3) is 0.167. The molecule has 1 N–H and O–H groups in total. The molecule has 1 rings (SSSR count). The van der Waals surface area contributed by atoms with Gasteiger partial charge in [0, 0.05) is 6.20 Å². The molecule has 0 saturated heterocycles. The van der Waals surface area contributed by atoms with Crippen LogP contribution in [-0.4, -0.2) is 16.3 Å². The second-order valence-corrected chi connectivity index (χ2v) is 1.75. The van der Waals surface area contributed by atoms with Crippen LogP contribution in [0.25, 0.3) is 0 Å². The van der Waals surface area contributed by atoms with Crippen LogP contribution in [0.4, 0.5) is 0 Å². The average Bonchev–Trinajstić information content (AvgIpc) is 2.43. The van der Waals surface area contributed by atoms with Crippen LogP contribution in [0.1, 0.15) is 11.6 Å². The number of nitrogens with one attached hydrogen (secondary N) is 1. The summed E-state index contributed by atoms with van der Waals surface area (Å²) in [6, 6.07) is 1.81. The molecular weight excluding hydrogens is 130 g/mol. The largest absolute Gasteiger partial charge is 0.347 e. The van der Waals surface area contributed by atoms with E-state index in [1.807, 2.05) is 6.07 Å². The minimum atomic E-state index is -0.706. The molecule has 1 heterocycles. The van der Waals surface area contributed by atoms with Gasteiger partial charge in [-0.1, -0.05) is 0 Å². The van der Waals surface area contributed by atoms with Gasteiger partial charge in [-0.15, -0.1) is 0 Å². The summed E-state index contributed by atoms with van der Waals surface area (Å²) in [6.07, 6.45) is 3.47. The zero-order chi connectivity index (χ0) is 7.40. The Hall–Kier alpha value is -1.63. The number of aromatic nitrogens is 2. The number of hydrogen-bond donors (Lipinski definition) is 1. The second kappa shape index (κ2) is 2.78. The van der Waals surface area contributed by atoms with Crippen molar-refractivity contribution in [1.29, 1.82) is 5.26 Å². The summed E-state index contributed by atoms with van der Waals surface area (Å²) in [7, 11) is 0. The van der Waals surface area contributed by atoms with Crippen molar-refractivity contribution >= 4 is 6.29 Å². The molecule has 0 saturated carbocycles. The quantitative estimate of drug-likeness (QED) is 0.589. The van der Waals surface area contributed by atoms with Crippen molar-refractivity contribution in [1.82, 2.24) is 9.97 Å². The molecule has 1 atom stereocenters. The van der Waals surface area contributed by atoms with Crippen molar-refractivity contribution < 1.29 is 4.79 Å². The van der Waals surface area contributed by atoms with Crippen LogP contribution in [0.3, 0.4) is 0 Å². The lowest BCUT2D eigenvalue weighted by Gasteiger charge is -1.91. The van der Waals surface area contributed by atoms with E-state index in [0.29, 0.717) is 12.0 Å². The van der Waals surface area contributed by atoms with Crippen molar-refractivity contribution in [2.75, 3.05) is 0 Å². The van der Waals surface area contributed by atoms with E-state index in [0.717, 1.165) is 0 Å². The van der Waals surface area contributed by atoms with Gasteiger partial charge in [0.25, 0.3) is 0 Å². The number of nitrogens with zero attached hydrogens (tertiary/aromatic N) is 2. The molecule has 0 bridgehead atoms. The molecule has 0 aliphatic heterocycles. The molecule has 50 valence electrons. The van der Waals surface area contributed by atoms with Crippen LogP contribution in [0, 0.1) is 11.3 Å². The normalized spacial score (nSPS) is 11.9. The third-order valence-corrected chi connectivity index (χ3v) is 1.13. The summed E-state index contributed by atoms with van der Waals surface area (Å²) >= 11 is 0. The summed E-state index contributed by atoms with van der Waals surface area (Å²) in [5.74, 6) is -0.706. The van der Waals surface area contributed by atoms with Gasteiger partial charge in [-0.25, -0.2) is 4.98 Å². The maximum atomic E-state index is 10.2. The van der Waals surface area contributed by atoms with Crippen LogP contribution in [0.15, 0.2) is 12.5 Å². The predicted octanol–water partition coefficient (Wildman–Crippen LogP) is 0.216. The maximum absolute atomic E-state index is 10.2. The Bertz CT molecular complexity index is 246. The number of H-pyrrole nitrogens is 1. The number of nitriles is 1. The molecule has 0 aliphatic carbocycles. The van der Waals surface area contributed by atoms with Crippen molar-refractivity contribution in [3.8, 4) is 6.07 Å². The molecule has 0 radical (unpaired) electrons. The minimum absolute atomic E-state index is 0.539. The van der Waals surface area contributed by atoms with E-state index in [2.05, 4.69) is 9.97 Å². The average molecular weight is 135 g/mol. The molecule has 0 aliphatic rings. The first-order chi connectivity index (χ1) is 4.88. The van der Waals surface area contributed by atoms with Crippen LogP contribution in [0.2, 0.25) is 0 Å². The topological polar surface area (TPSA) is 69.5 Å². The molecule has 1 aromatic heterocycles. The lowest BCUT2D eigenvalue weighted by Crippen LogP contribution is -1.95. The second-order valence-electron chi connectivity index (χ2n) is 1.75. The van der Waals surface area contributed by atoms with Gasteiger partial charge < -0.3 is 9.78 Å². The zero-order valence-corrected chi connectivity index (χ0v) is 5.11. The molecular formula is C6H5N3O. The minimum Gasteiger partial charge on any atom is -0.347 e. The number of carbonyl (C=O) groups excluding carboxylic acids is 1. The van der Waals surface area contributed by atoms with Gasteiger partial charge in [-0.05, 0) is 0 Å². The first-order valence-corrected chi connectivity index (χ1v) is 2.71. The number of rotatable bonds is 2. The molecule has 0 amide bonds. The number of carbonyl (C=O) groups is 1. The molecule has 1 unspecified atom stereocenters. The van der Waals surface area contributed by atoms with E-state index in [9.17, 15) is 4.79 Å². The van der Waals surface area contributed by atoms with Crippen molar-refractivity contribution in [2.45, 2.75) is 5.92 Å². The number of imidazole rings is 1. The Morgan fingerprint density at radius 3 is 3.10 bits per heavy atom. The fourth-order valence-corrected chi connectivity index (χ4v) is 0.610. The van der Waals surface area contributed by atoms with E-state index in [1.165, 1.54) is 12.5 Å². The van der Waals surface area contributed by atoms with Gasteiger partial charge in [0.2, 0.25) is 0 Å². The molecule has 0 fully saturated rings. The van der Waals surface area contributed by atoms with Crippen molar-refractivity contribution in [2.24, 2.45) is 0 Å². The molecule has 0 spiro atoms. The van der Waals surface area contributed by atoms with Crippen LogP contribution >= 0.6 is 0 Å². The standard InChI is InChI=1S/C6H5N3O/c7-1-5(3-10)6-2-8-4-9-6/h2-5H,(H,8,9). The van der Waals surface area contributed by atoms with E-state index in [1.54, 1.807) is 0 Å². The Labute approximate surface area is 57.5 Å². The summed E-state index contributed by atoms with van der Waals surface area (Å²) in [6.45, 7) is 0. The Morgan fingerprint density at radius 1 is 1.90 bits per heavy atom. The van der Waals surface area contributed by atoms with Crippen LogP contribution < -0.4 is 0 Å². The lowest BCUT2D eigenvalue weighted by molar-refractivity contribution is -0.108. The third-order valence-electron chi connectivity index (χ3n) is 1.13. The van der Waals surface area contributed by atoms with Gasteiger partial charge in [-0.3, -0.25) is 0 Å². The van der Waals surface area contributed by atoms with E-state index >= 15 is 0 Å². The Balaban J connectivity index is 2.86. The lowest BCUT2D eigenvalue weighted by atomic mass is 10.1. The van der Waals surface area contributed by atoms with Gasteiger partial charge in [-0.2, -0.15) is 5.26 Å². The summed E-state index contributed by atoms with van der Waals surface area (Å²) < 4.78 is 0. The first-order valence-electron chi connectivity index (χ1n) is 2.71. The third kappa shape index (κ3) is 1.03. The first kappa shape index (κ1) is 6.49. The highest BCUT2D eigenvalue weighted by molar-refractivity contribution is 5.64. The monoisotopic (exact) mass is 135 g/mol. The molecule has 4 nitrogen and oxygen atoms in total. The number of aromatic amines is 1. The summed E-state index contributed by atoms with van der Waals surface area (Å²) in [5.41, 5.74) is 0.539. The van der Waals surface area contributed by atoms with Crippen LogP contribution in [-0.2, 0) is 4.79 Å². The van der Waals surface area contributed by atoms with Gasteiger partial charge in [0.15, 0.2) is 0 Å². The highest BCUT2D eigenvalue weighted by atomic mass is 16.1. The summed E-state index contributed by atoms with van der Waals surface area (Å²) in [5, 5.41) is 8.37. The molecule has 1 aromatic rings. The van der Waals surface area contributed by atoms with Crippen molar-refractivity contribution in [3.05, 3.63) is 18.2 Å². The fourth-order valence-electron chi connectivity index (χ4n) is 0.610. The molecule has 0 aromatic carbocycles. The smallest absolute Gasteiger partial charge is 0.143 e. The maximum Gasteiger partial charge on any atom is 0.143 e. The highest BCUT2D eigenvalue weighted by Crippen LogP contribution is 2.06. The Morgan fingerprint density at radius 2 is 2.70 bits per heavy atom. The number of aldehydes is 1. The SMILES string of the molecule is N#CC(C=O)c1cnc[nH]1. The Kier molecular flexibility index (Phi) is 1.80. The molecule has 10 heavy (non-hydrogen) atoms. The van der Waals surface area contributed by atoms with Gasteiger partial charge >= 0.3 is 0 Å². The van der Waals surface area contributed by atoms with Gasteiger partial charge in [0.1, 0.15) is 12.2 Å². The van der Waals surface area contributed by atoms with Gasteiger partial charge in [0.05, 0.1) is 18.1 Å². The highest BCUT2D eigenvalue weighted by Gasteiger charge is 2.08. The van der Waals surface area contributed by atoms with E-state index in [4.69, 9.17) is 5.26 Å².